The molecule has 0 N–H and O–H groups in total. The van der Waals surface area contributed by atoms with Crippen molar-refractivity contribution in [3.05, 3.63) is 51.8 Å². The fourth-order valence-corrected chi connectivity index (χ4v) is 2.15. The van der Waals surface area contributed by atoms with Crippen LogP contribution >= 0.6 is 15.9 Å². The number of aryl methyl sites for hydroxylation is 1. The van der Waals surface area contributed by atoms with Gasteiger partial charge in [-0.25, -0.2) is 0 Å². The maximum atomic E-state index is 4.56. The number of rotatable bonds is 2. The first-order valence-electron chi connectivity index (χ1n) is 5.37. The molecule has 3 heteroatoms. The van der Waals surface area contributed by atoms with Crippen LogP contribution in [-0.2, 0) is 0 Å². The van der Waals surface area contributed by atoms with Crippen LogP contribution in [0.5, 0.6) is 0 Å². The molecule has 0 aliphatic heterocycles. The van der Waals surface area contributed by atoms with Gasteiger partial charge in [-0.05, 0) is 42.3 Å². The van der Waals surface area contributed by atoms with Gasteiger partial charge in [0.15, 0.2) is 0 Å². The van der Waals surface area contributed by atoms with Crippen LogP contribution < -0.4 is 0 Å². The predicted octanol–water partition coefficient (Wildman–Crippen LogP) is 3.87. The third kappa shape index (κ3) is 1.92. The Hall–Kier alpha value is -1.09. The predicted molar refractivity (Wildman–Crippen MR) is 69.7 cm³/mol. The van der Waals surface area contributed by atoms with Crippen molar-refractivity contribution in [3.8, 4) is 0 Å². The number of halogens is 1. The quantitative estimate of drug-likeness (QED) is 0.816. The van der Waals surface area contributed by atoms with Gasteiger partial charge in [-0.15, -0.1) is 0 Å². The molecule has 2 aromatic rings. The molecular weight excluding hydrogens is 264 g/mol. The molecule has 1 heterocycles. The van der Waals surface area contributed by atoms with Gasteiger partial charge in [0.2, 0.25) is 0 Å². The minimum absolute atomic E-state index is 0.270. The molecule has 16 heavy (non-hydrogen) atoms. The first kappa shape index (κ1) is 11.4. The molecule has 1 atom stereocenters. The molecule has 0 amide bonds. The van der Waals surface area contributed by atoms with Crippen LogP contribution in [0.25, 0.3) is 0 Å². The molecular formula is C13H15BrN2. The summed E-state index contributed by atoms with van der Waals surface area (Å²) in [6.07, 6.45) is 0. The third-order valence-electron chi connectivity index (χ3n) is 2.89. The Kier molecular flexibility index (Phi) is 3.15. The van der Waals surface area contributed by atoms with Gasteiger partial charge in [0.1, 0.15) is 0 Å². The summed E-state index contributed by atoms with van der Waals surface area (Å²) < 4.78 is 3.17. The molecule has 1 unspecified atom stereocenters. The second-order valence-corrected chi connectivity index (χ2v) is 4.81. The maximum Gasteiger partial charge on any atom is 0.0743 e. The van der Waals surface area contributed by atoms with E-state index in [9.17, 15) is 0 Å². The molecule has 0 aliphatic carbocycles. The number of aromatic nitrogens is 2. The van der Waals surface area contributed by atoms with E-state index >= 15 is 0 Å². The summed E-state index contributed by atoms with van der Waals surface area (Å²) in [5, 5.41) is 4.56. The van der Waals surface area contributed by atoms with E-state index in [2.05, 4.69) is 63.8 Å². The number of nitrogens with zero attached hydrogens (tertiary/aromatic N) is 2. The average molecular weight is 279 g/mol. The van der Waals surface area contributed by atoms with Crippen LogP contribution in [0.4, 0.5) is 0 Å². The fraction of sp³-hybridized carbons (Fsp3) is 0.308. The molecule has 1 aromatic heterocycles. The van der Waals surface area contributed by atoms with Crippen molar-refractivity contribution in [1.29, 1.82) is 0 Å². The SMILES string of the molecule is Cc1nn(C(C)c2ccccc2)c(C)c1Br. The van der Waals surface area contributed by atoms with Crippen LogP contribution in [0.2, 0.25) is 0 Å². The minimum atomic E-state index is 0.270. The lowest BCUT2D eigenvalue weighted by molar-refractivity contribution is 0.546. The summed E-state index contributed by atoms with van der Waals surface area (Å²) in [6, 6.07) is 10.7. The molecule has 2 nitrogen and oxygen atoms in total. The highest BCUT2D eigenvalue weighted by atomic mass is 79.9. The first-order chi connectivity index (χ1) is 7.61. The Labute approximate surface area is 104 Å². The maximum absolute atomic E-state index is 4.56. The molecule has 2 rings (SSSR count). The highest BCUT2D eigenvalue weighted by Gasteiger charge is 2.14. The van der Waals surface area contributed by atoms with E-state index < -0.39 is 0 Å². The first-order valence-corrected chi connectivity index (χ1v) is 6.16. The van der Waals surface area contributed by atoms with Crippen molar-refractivity contribution < 1.29 is 0 Å². The fourth-order valence-electron chi connectivity index (χ4n) is 1.89. The lowest BCUT2D eigenvalue weighted by atomic mass is 10.1. The monoisotopic (exact) mass is 278 g/mol. The Balaban J connectivity index is 2.42. The van der Waals surface area contributed by atoms with E-state index in [1.54, 1.807) is 0 Å². The van der Waals surface area contributed by atoms with Crippen molar-refractivity contribution in [2.24, 2.45) is 0 Å². The Morgan fingerprint density at radius 1 is 1.19 bits per heavy atom. The van der Waals surface area contributed by atoms with E-state index in [0.29, 0.717) is 0 Å². The molecule has 0 saturated carbocycles. The lowest BCUT2D eigenvalue weighted by Crippen LogP contribution is -2.10. The molecule has 1 aromatic carbocycles. The molecule has 0 aliphatic rings. The summed E-state index contributed by atoms with van der Waals surface area (Å²) >= 11 is 3.56. The number of hydrogen-bond acceptors (Lipinski definition) is 1. The van der Waals surface area contributed by atoms with Crippen LogP contribution in [-0.4, -0.2) is 9.78 Å². The van der Waals surface area contributed by atoms with Crippen molar-refractivity contribution in [3.63, 3.8) is 0 Å². The molecule has 0 radical (unpaired) electrons. The van der Waals surface area contributed by atoms with Crippen molar-refractivity contribution in [1.82, 2.24) is 9.78 Å². The highest BCUT2D eigenvalue weighted by Crippen LogP contribution is 2.25. The second-order valence-electron chi connectivity index (χ2n) is 4.02. The molecule has 0 fully saturated rings. The summed E-state index contributed by atoms with van der Waals surface area (Å²) in [5.74, 6) is 0. The third-order valence-corrected chi connectivity index (χ3v) is 4.03. The van der Waals surface area contributed by atoms with Gasteiger partial charge in [-0.1, -0.05) is 30.3 Å². The molecule has 0 bridgehead atoms. The summed E-state index contributed by atoms with van der Waals surface area (Å²) in [6.45, 7) is 6.27. The highest BCUT2D eigenvalue weighted by molar-refractivity contribution is 9.10. The van der Waals surface area contributed by atoms with Crippen LogP contribution in [0.1, 0.15) is 29.9 Å². The van der Waals surface area contributed by atoms with Gasteiger partial charge in [-0.2, -0.15) is 5.10 Å². The van der Waals surface area contributed by atoms with Crippen molar-refractivity contribution in [2.75, 3.05) is 0 Å². The molecule has 0 saturated heterocycles. The average Bonchev–Trinajstić information content (AvgIpc) is 2.57. The Morgan fingerprint density at radius 2 is 1.81 bits per heavy atom. The van der Waals surface area contributed by atoms with Crippen LogP contribution in [0, 0.1) is 13.8 Å². The van der Waals surface area contributed by atoms with Crippen LogP contribution in [0.3, 0.4) is 0 Å². The zero-order chi connectivity index (χ0) is 11.7. The van der Waals surface area contributed by atoms with Crippen molar-refractivity contribution >= 4 is 15.9 Å². The number of benzene rings is 1. The zero-order valence-corrected chi connectivity index (χ0v) is 11.3. The Morgan fingerprint density at radius 3 is 2.31 bits per heavy atom. The van der Waals surface area contributed by atoms with E-state index in [-0.39, 0.29) is 6.04 Å². The van der Waals surface area contributed by atoms with Gasteiger partial charge in [-0.3, -0.25) is 4.68 Å². The van der Waals surface area contributed by atoms with Gasteiger partial charge in [0.25, 0.3) is 0 Å². The summed E-state index contributed by atoms with van der Waals surface area (Å²) in [4.78, 5) is 0. The lowest BCUT2D eigenvalue weighted by Gasteiger charge is -2.14. The normalized spacial score (nSPS) is 12.8. The Bertz CT molecular complexity index is 488. The van der Waals surface area contributed by atoms with Gasteiger partial charge < -0.3 is 0 Å². The van der Waals surface area contributed by atoms with E-state index in [1.807, 2.05) is 13.0 Å². The summed E-state index contributed by atoms with van der Waals surface area (Å²) in [7, 11) is 0. The van der Waals surface area contributed by atoms with Gasteiger partial charge in [0.05, 0.1) is 21.9 Å². The van der Waals surface area contributed by atoms with E-state index in [1.165, 1.54) is 11.3 Å². The van der Waals surface area contributed by atoms with Crippen molar-refractivity contribution in [2.45, 2.75) is 26.8 Å². The number of hydrogen-bond donors (Lipinski definition) is 0. The van der Waals surface area contributed by atoms with Gasteiger partial charge in [0, 0.05) is 0 Å². The second kappa shape index (κ2) is 4.42. The largest absolute Gasteiger partial charge is 0.261 e. The summed E-state index contributed by atoms with van der Waals surface area (Å²) in [5.41, 5.74) is 3.50. The minimum Gasteiger partial charge on any atom is -0.261 e. The standard InChI is InChI=1S/C13H15BrN2/c1-9-13(14)11(3)16(15-9)10(2)12-7-5-4-6-8-12/h4-8,10H,1-3H3. The van der Waals surface area contributed by atoms with E-state index in [4.69, 9.17) is 0 Å². The zero-order valence-electron chi connectivity index (χ0n) is 9.74. The topological polar surface area (TPSA) is 17.8 Å². The van der Waals surface area contributed by atoms with Gasteiger partial charge >= 0.3 is 0 Å². The smallest absolute Gasteiger partial charge is 0.0743 e. The van der Waals surface area contributed by atoms with E-state index in [0.717, 1.165) is 10.2 Å². The molecule has 84 valence electrons. The van der Waals surface area contributed by atoms with Crippen LogP contribution in [0.15, 0.2) is 34.8 Å². The molecule has 0 spiro atoms.